The summed E-state index contributed by atoms with van der Waals surface area (Å²) in [5, 5.41) is 6.63. The molecule has 0 saturated heterocycles. The Balaban J connectivity index is 2.50. The lowest BCUT2D eigenvalue weighted by atomic mass is 10.3. The van der Waals surface area contributed by atoms with Crippen LogP contribution in [0.25, 0.3) is 0 Å². The van der Waals surface area contributed by atoms with Gasteiger partial charge in [0.1, 0.15) is 0 Å². The highest BCUT2D eigenvalue weighted by atomic mass is 32.2. The summed E-state index contributed by atoms with van der Waals surface area (Å²) in [6, 6.07) is 7.07. The lowest BCUT2D eigenvalue weighted by molar-refractivity contribution is 0.0777. The van der Waals surface area contributed by atoms with Crippen molar-refractivity contribution < 1.29 is 13.2 Å². The molecule has 6 nitrogen and oxygen atoms in total. The molecule has 0 saturated carbocycles. The van der Waals surface area contributed by atoms with Crippen LogP contribution in [0.4, 0.5) is 11.4 Å². The van der Waals surface area contributed by atoms with Crippen molar-refractivity contribution >= 4 is 38.7 Å². The van der Waals surface area contributed by atoms with Gasteiger partial charge in [-0.25, -0.2) is 8.42 Å². The molecule has 8 heteroatoms. The van der Waals surface area contributed by atoms with Crippen LogP contribution in [0.3, 0.4) is 0 Å². The summed E-state index contributed by atoms with van der Waals surface area (Å²) in [6.45, 7) is 5.39. The molecular weight excluding hydrogens is 334 g/mol. The molecule has 1 aromatic carbocycles. The maximum atomic E-state index is 11.6. The Labute approximate surface area is 144 Å². The molecule has 0 amide bonds. The molecule has 0 spiro atoms. The molecule has 0 aliphatic heterocycles. The van der Waals surface area contributed by atoms with Crippen LogP contribution >= 0.6 is 12.2 Å². The number of hydrogen-bond acceptors (Lipinski definition) is 4. The Bertz CT molecular complexity index is 618. The van der Waals surface area contributed by atoms with Gasteiger partial charge < -0.3 is 15.4 Å². The molecule has 1 rings (SSSR count). The smallest absolute Gasteiger partial charge is 0.231 e. The van der Waals surface area contributed by atoms with E-state index in [1.165, 1.54) is 17.6 Å². The third-order valence-electron chi connectivity index (χ3n) is 3.02. The van der Waals surface area contributed by atoms with Gasteiger partial charge in [0.05, 0.1) is 18.0 Å². The minimum absolute atomic E-state index is 0.231. The Morgan fingerprint density at radius 2 is 2.09 bits per heavy atom. The molecule has 0 aliphatic rings. The predicted octanol–water partition coefficient (Wildman–Crippen LogP) is 2.18. The van der Waals surface area contributed by atoms with Crippen molar-refractivity contribution in [2.24, 2.45) is 0 Å². The molecule has 0 unspecified atom stereocenters. The van der Waals surface area contributed by atoms with E-state index in [0.29, 0.717) is 24.0 Å². The van der Waals surface area contributed by atoms with Crippen LogP contribution in [0.15, 0.2) is 24.3 Å². The Hall–Kier alpha value is -1.38. The molecule has 23 heavy (non-hydrogen) atoms. The van der Waals surface area contributed by atoms with Gasteiger partial charge in [0.25, 0.3) is 0 Å². The van der Waals surface area contributed by atoms with Crippen LogP contribution in [0, 0.1) is 0 Å². The number of thiocarbonyl (C=S) groups is 1. The summed E-state index contributed by atoms with van der Waals surface area (Å²) in [4.78, 5) is 0. The van der Waals surface area contributed by atoms with Gasteiger partial charge in [-0.05, 0) is 50.7 Å². The number of nitrogens with one attached hydrogen (secondary N) is 2. The van der Waals surface area contributed by atoms with E-state index in [0.717, 1.165) is 12.1 Å². The third kappa shape index (κ3) is 7.62. The first-order chi connectivity index (χ1) is 10.7. The lowest BCUT2D eigenvalue weighted by Crippen LogP contribution is -2.30. The topological polar surface area (TPSA) is 70.7 Å². The van der Waals surface area contributed by atoms with Crippen molar-refractivity contribution in [1.82, 2.24) is 5.32 Å². The number of nitrogens with zero attached hydrogens (tertiary/aromatic N) is 1. The number of ether oxygens (including phenoxy) is 1. The summed E-state index contributed by atoms with van der Waals surface area (Å²) in [6.07, 6.45) is 2.25. The normalized spacial score (nSPS) is 11.3. The van der Waals surface area contributed by atoms with Crippen LogP contribution in [0.1, 0.15) is 20.3 Å². The fourth-order valence-corrected chi connectivity index (χ4v) is 2.46. The van der Waals surface area contributed by atoms with Gasteiger partial charge in [0.2, 0.25) is 10.0 Å². The van der Waals surface area contributed by atoms with Crippen LogP contribution in [-0.2, 0) is 14.8 Å². The zero-order valence-electron chi connectivity index (χ0n) is 14.0. The fraction of sp³-hybridized carbons (Fsp3) is 0.533. The maximum absolute atomic E-state index is 11.6. The second-order valence-electron chi connectivity index (χ2n) is 5.43. The second kappa shape index (κ2) is 9.05. The number of rotatable bonds is 8. The maximum Gasteiger partial charge on any atom is 0.231 e. The lowest BCUT2D eigenvalue weighted by Gasteiger charge is -2.18. The zero-order valence-corrected chi connectivity index (χ0v) is 15.6. The molecular formula is C15H25N3O3S2. The highest BCUT2D eigenvalue weighted by Gasteiger charge is 2.12. The van der Waals surface area contributed by atoms with E-state index in [9.17, 15) is 8.42 Å². The van der Waals surface area contributed by atoms with E-state index in [2.05, 4.69) is 10.6 Å². The van der Waals surface area contributed by atoms with Gasteiger partial charge in [0.15, 0.2) is 5.11 Å². The highest BCUT2D eigenvalue weighted by molar-refractivity contribution is 7.92. The van der Waals surface area contributed by atoms with Gasteiger partial charge in [-0.15, -0.1) is 0 Å². The van der Waals surface area contributed by atoms with E-state index in [-0.39, 0.29) is 6.10 Å². The molecule has 1 aromatic rings. The van der Waals surface area contributed by atoms with Gasteiger partial charge in [-0.3, -0.25) is 4.31 Å². The summed E-state index contributed by atoms with van der Waals surface area (Å²) in [5.41, 5.74) is 1.31. The third-order valence-corrected chi connectivity index (χ3v) is 4.48. The molecule has 130 valence electrons. The van der Waals surface area contributed by atoms with E-state index < -0.39 is 10.0 Å². The SMILES string of the molecule is CC(C)OCCCNC(=S)Nc1cccc(N(C)S(C)(=O)=O)c1. The first-order valence-electron chi connectivity index (χ1n) is 7.40. The molecule has 0 atom stereocenters. The van der Waals surface area contributed by atoms with Crippen molar-refractivity contribution in [3.05, 3.63) is 24.3 Å². The first-order valence-corrected chi connectivity index (χ1v) is 9.66. The van der Waals surface area contributed by atoms with Crippen molar-refractivity contribution in [1.29, 1.82) is 0 Å². The largest absolute Gasteiger partial charge is 0.379 e. The summed E-state index contributed by atoms with van der Waals surface area (Å²) in [5.74, 6) is 0. The summed E-state index contributed by atoms with van der Waals surface area (Å²) >= 11 is 5.22. The summed E-state index contributed by atoms with van der Waals surface area (Å²) in [7, 11) is -1.77. The Kier molecular flexibility index (Phi) is 7.74. The molecule has 0 aliphatic carbocycles. The zero-order chi connectivity index (χ0) is 17.5. The Morgan fingerprint density at radius 1 is 1.39 bits per heavy atom. The standard InChI is InChI=1S/C15H25N3O3S2/c1-12(2)21-10-6-9-16-15(22)17-13-7-5-8-14(11-13)18(3)23(4,19)20/h5,7-8,11-12H,6,9-10H2,1-4H3,(H2,16,17,22). The predicted molar refractivity (Wildman–Crippen MR) is 99.6 cm³/mol. The first kappa shape index (κ1) is 19.7. The van der Waals surface area contributed by atoms with Crippen LogP contribution in [-0.4, -0.2) is 46.1 Å². The minimum Gasteiger partial charge on any atom is -0.379 e. The molecule has 0 radical (unpaired) electrons. The number of benzene rings is 1. The fourth-order valence-electron chi connectivity index (χ4n) is 1.74. The van der Waals surface area contributed by atoms with Crippen molar-refractivity contribution in [2.75, 3.05) is 36.1 Å². The average Bonchev–Trinajstić information content (AvgIpc) is 2.45. The summed E-state index contributed by atoms with van der Waals surface area (Å²) < 4.78 is 29.8. The van der Waals surface area contributed by atoms with Gasteiger partial charge in [0, 0.05) is 25.9 Å². The van der Waals surface area contributed by atoms with Crippen molar-refractivity contribution in [2.45, 2.75) is 26.4 Å². The minimum atomic E-state index is -3.29. The molecule has 0 bridgehead atoms. The van der Waals surface area contributed by atoms with Crippen LogP contribution in [0.2, 0.25) is 0 Å². The second-order valence-corrected chi connectivity index (χ2v) is 7.86. The van der Waals surface area contributed by atoms with E-state index in [1.807, 2.05) is 19.9 Å². The monoisotopic (exact) mass is 359 g/mol. The number of anilines is 2. The van der Waals surface area contributed by atoms with Crippen molar-refractivity contribution in [3.8, 4) is 0 Å². The quantitative estimate of drug-likeness (QED) is 0.548. The van der Waals surface area contributed by atoms with E-state index >= 15 is 0 Å². The highest BCUT2D eigenvalue weighted by Crippen LogP contribution is 2.20. The van der Waals surface area contributed by atoms with Crippen LogP contribution < -0.4 is 14.9 Å². The molecule has 0 fully saturated rings. The van der Waals surface area contributed by atoms with E-state index in [1.54, 1.807) is 18.2 Å². The van der Waals surface area contributed by atoms with Gasteiger partial charge in [-0.2, -0.15) is 0 Å². The van der Waals surface area contributed by atoms with Gasteiger partial charge in [-0.1, -0.05) is 6.07 Å². The molecule has 0 aromatic heterocycles. The molecule has 2 N–H and O–H groups in total. The van der Waals surface area contributed by atoms with E-state index in [4.69, 9.17) is 17.0 Å². The Morgan fingerprint density at radius 3 is 2.70 bits per heavy atom. The van der Waals surface area contributed by atoms with Crippen molar-refractivity contribution in [3.63, 3.8) is 0 Å². The molecule has 0 heterocycles. The number of hydrogen-bond donors (Lipinski definition) is 2. The average molecular weight is 360 g/mol. The van der Waals surface area contributed by atoms with Crippen LogP contribution in [0.5, 0.6) is 0 Å². The van der Waals surface area contributed by atoms with Gasteiger partial charge >= 0.3 is 0 Å². The number of sulfonamides is 1.